The van der Waals surface area contributed by atoms with Gasteiger partial charge in [-0.3, -0.25) is 0 Å². The number of para-hydroxylation sites is 2. The predicted molar refractivity (Wildman–Crippen MR) is 115 cm³/mol. The maximum Gasteiger partial charge on any atom is 0.183 e. The van der Waals surface area contributed by atoms with Gasteiger partial charge in [-0.2, -0.15) is 0 Å². The number of amidine groups is 1. The number of benzene rings is 2. The largest absolute Gasteiger partial charge is 0.361 e. The van der Waals surface area contributed by atoms with Gasteiger partial charge in [-0.05, 0) is 36.6 Å². The lowest BCUT2D eigenvalue weighted by Gasteiger charge is -2.08. The molecule has 2 aromatic carbocycles. The fourth-order valence-electron chi connectivity index (χ4n) is 2.91. The van der Waals surface area contributed by atoms with E-state index in [1.807, 2.05) is 17.8 Å². The van der Waals surface area contributed by atoms with E-state index in [1.54, 1.807) is 11.3 Å². The van der Waals surface area contributed by atoms with Crippen molar-refractivity contribution in [1.29, 1.82) is 0 Å². The Kier molecular flexibility index (Phi) is 5.41. The standard InChI is InChI=1S/C20H22N4S2/c1-2-15-13-25-20(22-15)23-16-8-4-3-7-14(16)11-12-21-19-24-17-9-5-6-10-18(17)26-19/h3-10,15H,2,11-13H2,1H3,(H,21,24)(H,22,23). The van der Waals surface area contributed by atoms with E-state index in [4.69, 9.17) is 4.99 Å². The maximum atomic E-state index is 4.84. The topological polar surface area (TPSA) is 49.3 Å². The second-order valence-electron chi connectivity index (χ2n) is 6.27. The number of nitrogens with zero attached hydrogens (tertiary/aromatic N) is 2. The molecule has 1 aromatic heterocycles. The van der Waals surface area contributed by atoms with Gasteiger partial charge in [0, 0.05) is 18.3 Å². The van der Waals surface area contributed by atoms with Crippen LogP contribution in [0.4, 0.5) is 10.8 Å². The maximum absolute atomic E-state index is 4.84. The molecule has 6 heteroatoms. The highest BCUT2D eigenvalue weighted by atomic mass is 32.2. The molecule has 0 bridgehead atoms. The highest BCUT2D eigenvalue weighted by Gasteiger charge is 2.18. The van der Waals surface area contributed by atoms with Gasteiger partial charge in [0.2, 0.25) is 0 Å². The Hall–Kier alpha value is -2.05. The summed E-state index contributed by atoms with van der Waals surface area (Å²) in [5.41, 5.74) is 3.38. The fraction of sp³-hybridized carbons (Fsp3) is 0.300. The van der Waals surface area contributed by atoms with Gasteiger partial charge >= 0.3 is 0 Å². The van der Waals surface area contributed by atoms with Crippen molar-refractivity contribution in [2.45, 2.75) is 25.8 Å². The monoisotopic (exact) mass is 382 g/mol. The molecule has 1 atom stereocenters. The SMILES string of the molecule is CCC1CS/C(=N/c2ccccc2CCNc2nc3ccccc3s2)N1. The number of rotatable bonds is 6. The van der Waals surface area contributed by atoms with E-state index in [2.05, 4.69) is 65.0 Å². The molecule has 0 aliphatic carbocycles. The second-order valence-corrected chi connectivity index (χ2v) is 8.31. The van der Waals surface area contributed by atoms with Crippen molar-refractivity contribution in [2.24, 2.45) is 4.99 Å². The van der Waals surface area contributed by atoms with E-state index in [9.17, 15) is 0 Å². The van der Waals surface area contributed by atoms with Crippen LogP contribution in [0.15, 0.2) is 53.5 Å². The van der Waals surface area contributed by atoms with Crippen molar-refractivity contribution < 1.29 is 0 Å². The lowest BCUT2D eigenvalue weighted by Crippen LogP contribution is -2.25. The van der Waals surface area contributed by atoms with Crippen LogP contribution < -0.4 is 10.6 Å². The zero-order valence-electron chi connectivity index (χ0n) is 14.7. The van der Waals surface area contributed by atoms with Gasteiger partial charge in [0.25, 0.3) is 0 Å². The number of fused-ring (bicyclic) bond motifs is 1. The molecule has 0 saturated carbocycles. The first-order valence-electron chi connectivity index (χ1n) is 8.97. The number of aromatic nitrogens is 1. The quantitative estimate of drug-likeness (QED) is 0.626. The van der Waals surface area contributed by atoms with Crippen LogP contribution in [0, 0.1) is 0 Å². The highest BCUT2D eigenvalue weighted by molar-refractivity contribution is 8.14. The minimum absolute atomic E-state index is 0.548. The minimum Gasteiger partial charge on any atom is -0.361 e. The molecule has 4 rings (SSSR count). The van der Waals surface area contributed by atoms with Crippen molar-refractivity contribution in [2.75, 3.05) is 17.6 Å². The van der Waals surface area contributed by atoms with E-state index in [1.165, 1.54) is 10.3 Å². The average Bonchev–Trinajstić information content (AvgIpc) is 3.29. The Morgan fingerprint density at radius 1 is 1.19 bits per heavy atom. The highest BCUT2D eigenvalue weighted by Crippen LogP contribution is 2.26. The number of hydrogen-bond donors (Lipinski definition) is 2. The van der Waals surface area contributed by atoms with Crippen molar-refractivity contribution in [1.82, 2.24) is 10.3 Å². The van der Waals surface area contributed by atoms with Crippen LogP contribution >= 0.6 is 23.1 Å². The molecule has 3 aromatic rings. The first-order valence-corrected chi connectivity index (χ1v) is 10.8. The summed E-state index contributed by atoms with van der Waals surface area (Å²) >= 11 is 3.52. The summed E-state index contributed by atoms with van der Waals surface area (Å²) in [6.07, 6.45) is 2.06. The Balaban J connectivity index is 1.41. The molecule has 0 amide bonds. The van der Waals surface area contributed by atoms with Gasteiger partial charge in [-0.1, -0.05) is 60.4 Å². The number of thioether (sulfide) groups is 1. The number of nitrogens with one attached hydrogen (secondary N) is 2. The van der Waals surface area contributed by atoms with Gasteiger partial charge in [0.1, 0.15) is 0 Å². The molecule has 4 nitrogen and oxygen atoms in total. The van der Waals surface area contributed by atoms with E-state index >= 15 is 0 Å². The van der Waals surface area contributed by atoms with Crippen molar-refractivity contribution in [3.05, 3.63) is 54.1 Å². The Bertz CT molecular complexity index is 886. The molecule has 1 aliphatic rings. The summed E-state index contributed by atoms with van der Waals surface area (Å²) in [5, 5.41) is 8.99. The predicted octanol–water partition coefficient (Wildman–Crippen LogP) is 5.05. The lowest BCUT2D eigenvalue weighted by atomic mass is 10.1. The molecule has 2 N–H and O–H groups in total. The van der Waals surface area contributed by atoms with E-state index < -0.39 is 0 Å². The zero-order valence-corrected chi connectivity index (χ0v) is 16.4. The van der Waals surface area contributed by atoms with Crippen LogP contribution in [0.5, 0.6) is 0 Å². The van der Waals surface area contributed by atoms with Crippen molar-refractivity contribution in [3.63, 3.8) is 0 Å². The molecule has 0 spiro atoms. The Morgan fingerprint density at radius 3 is 2.88 bits per heavy atom. The molecule has 26 heavy (non-hydrogen) atoms. The van der Waals surface area contributed by atoms with Gasteiger partial charge in [0.15, 0.2) is 10.3 Å². The fourth-order valence-corrected chi connectivity index (χ4v) is 4.90. The number of aliphatic imine (C=N–C) groups is 1. The van der Waals surface area contributed by atoms with Gasteiger partial charge in [-0.25, -0.2) is 9.98 Å². The van der Waals surface area contributed by atoms with E-state index in [0.29, 0.717) is 6.04 Å². The van der Waals surface area contributed by atoms with Gasteiger partial charge < -0.3 is 10.6 Å². The van der Waals surface area contributed by atoms with Crippen LogP contribution in [-0.2, 0) is 6.42 Å². The summed E-state index contributed by atoms with van der Waals surface area (Å²) < 4.78 is 1.22. The molecule has 2 heterocycles. The smallest absolute Gasteiger partial charge is 0.183 e. The first kappa shape index (κ1) is 17.4. The molecular weight excluding hydrogens is 360 g/mol. The third kappa shape index (κ3) is 4.02. The zero-order chi connectivity index (χ0) is 17.8. The van der Waals surface area contributed by atoms with E-state index in [-0.39, 0.29) is 0 Å². The molecular formula is C20H22N4S2. The van der Waals surface area contributed by atoms with Crippen LogP contribution in [0.3, 0.4) is 0 Å². The van der Waals surface area contributed by atoms with Crippen LogP contribution in [0.1, 0.15) is 18.9 Å². The molecule has 0 radical (unpaired) electrons. The Labute approximate surface area is 162 Å². The molecule has 1 saturated heterocycles. The van der Waals surface area contributed by atoms with Crippen molar-refractivity contribution >= 4 is 49.3 Å². The summed E-state index contributed by atoms with van der Waals surface area (Å²) in [5.74, 6) is 1.11. The van der Waals surface area contributed by atoms with E-state index in [0.717, 1.165) is 46.6 Å². The normalized spacial score (nSPS) is 18.3. The minimum atomic E-state index is 0.548. The summed E-state index contributed by atoms with van der Waals surface area (Å²) in [6.45, 7) is 3.06. The summed E-state index contributed by atoms with van der Waals surface area (Å²) in [7, 11) is 0. The molecule has 134 valence electrons. The van der Waals surface area contributed by atoms with Gasteiger partial charge in [-0.15, -0.1) is 0 Å². The molecule has 1 aliphatic heterocycles. The summed E-state index contributed by atoms with van der Waals surface area (Å²) in [6, 6.07) is 17.2. The van der Waals surface area contributed by atoms with Gasteiger partial charge in [0.05, 0.1) is 15.9 Å². The third-order valence-electron chi connectivity index (χ3n) is 4.42. The van der Waals surface area contributed by atoms with Crippen LogP contribution in [0.25, 0.3) is 10.2 Å². The Morgan fingerprint density at radius 2 is 2.04 bits per heavy atom. The first-order chi connectivity index (χ1) is 12.8. The number of anilines is 1. The average molecular weight is 383 g/mol. The number of thiazole rings is 1. The molecule has 1 fully saturated rings. The number of hydrogen-bond acceptors (Lipinski definition) is 5. The van der Waals surface area contributed by atoms with Crippen LogP contribution in [0.2, 0.25) is 0 Å². The third-order valence-corrected chi connectivity index (χ3v) is 6.47. The molecule has 1 unspecified atom stereocenters. The second kappa shape index (κ2) is 8.10. The van der Waals surface area contributed by atoms with Crippen molar-refractivity contribution in [3.8, 4) is 0 Å². The lowest BCUT2D eigenvalue weighted by molar-refractivity contribution is 0.668. The van der Waals surface area contributed by atoms with Crippen LogP contribution in [-0.4, -0.2) is 28.5 Å². The summed E-state index contributed by atoms with van der Waals surface area (Å²) in [4.78, 5) is 9.48.